The van der Waals surface area contributed by atoms with Crippen molar-refractivity contribution in [1.29, 1.82) is 0 Å². The topological polar surface area (TPSA) is 92.1 Å². The Kier molecular flexibility index (Phi) is 6.71. The zero-order chi connectivity index (χ0) is 26.3. The van der Waals surface area contributed by atoms with Crippen LogP contribution in [0.25, 0.3) is 16.7 Å². The number of halogens is 1. The largest absolute Gasteiger partial charge is 0.504 e. The lowest BCUT2D eigenvalue weighted by Crippen LogP contribution is -2.26. The van der Waals surface area contributed by atoms with Crippen molar-refractivity contribution in [1.82, 2.24) is 15.0 Å². The van der Waals surface area contributed by atoms with Crippen LogP contribution in [-0.2, 0) is 5.41 Å². The monoisotopic (exact) mass is 505 g/mol. The fourth-order valence-electron chi connectivity index (χ4n) is 4.69. The van der Waals surface area contributed by atoms with Crippen LogP contribution in [0.2, 0.25) is 5.02 Å². The Morgan fingerprint density at radius 1 is 0.972 bits per heavy atom. The highest BCUT2D eigenvalue weighted by Crippen LogP contribution is 2.41. The number of nitrogens with zero attached hydrogens (tertiary/aromatic N) is 3. The number of urea groups is 1. The van der Waals surface area contributed by atoms with Crippen molar-refractivity contribution in [2.75, 3.05) is 10.6 Å². The number of phenols is 1. The number of benzene rings is 3. The predicted molar refractivity (Wildman–Crippen MR) is 146 cm³/mol. The van der Waals surface area contributed by atoms with Crippen molar-refractivity contribution in [2.45, 2.75) is 53.4 Å². The van der Waals surface area contributed by atoms with E-state index in [1.807, 2.05) is 43.3 Å². The molecule has 0 aliphatic heterocycles. The number of rotatable bonds is 5. The summed E-state index contributed by atoms with van der Waals surface area (Å²) in [5, 5.41) is 26.5. The van der Waals surface area contributed by atoms with E-state index < -0.39 is 6.03 Å². The van der Waals surface area contributed by atoms with Gasteiger partial charge in [-0.25, -0.2) is 4.79 Å². The molecule has 0 radical (unpaired) electrons. The maximum absolute atomic E-state index is 12.9. The Labute approximate surface area is 216 Å². The lowest BCUT2D eigenvalue weighted by atomic mass is 9.72. The molecule has 36 heavy (non-hydrogen) atoms. The van der Waals surface area contributed by atoms with Crippen molar-refractivity contribution in [2.24, 2.45) is 5.41 Å². The molecule has 4 rings (SSSR count). The predicted octanol–water partition coefficient (Wildman–Crippen LogP) is 7.45. The van der Waals surface area contributed by atoms with Crippen LogP contribution in [0.3, 0.4) is 0 Å². The lowest BCUT2D eigenvalue weighted by molar-refractivity contribution is 0.262. The fraction of sp³-hybridized carbons (Fsp3) is 0.321. The molecule has 0 fully saturated rings. The van der Waals surface area contributed by atoms with Crippen molar-refractivity contribution in [3.63, 3.8) is 0 Å². The average Bonchev–Trinajstić information content (AvgIpc) is 3.16. The third-order valence-electron chi connectivity index (χ3n) is 5.93. The molecule has 0 aliphatic rings. The maximum atomic E-state index is 12.9. The number of hydrogen-bond acceptors (Lipinski definition) is 4. The Morgan fingerprint density at radius 2 is 1.69 bits per heavy atom. The van der Waals surface area contributed by atoms with Crippen molar-refractivity contribution in [3.8, 4) is 11.4 Å². The van der Waals surface area contributed by atoms with Gasteiger partial charge in [0.2, 0.25) is 0 Å². The molecule has 8 heteroatoms. The van der Waals surface area contributed by atoms with Crippen LogP contribution in [0.15, 0.2) is 54.6 Å². The van der Waals surface area contributed by atoms with E-state index in [0.29, 0.717) is 27.4 Å². The molecule has 0 atom stereocenters. The second-order valence-electron chi connectivity index (χ2n) is 11.1. The van der Waals surface area contributed by atoms with E-state index in [-0.39, 0.29) is 22.3 Å². The van der Waals surface area contributed by atoms with Crippen LogP contribution in [0.1, 0.15) is 52.2 Å². The Balaban J connectivity index is 1.78. The minimum atomic E-state index is -0.460. The first kappa shape index (κ1) is 25.5. The summed E-state index contributed by atoms with van der Waals surface area (Å²) in [6, 6.07) is 16.0. The molecule has 4 aromatic rings. The summed E-state index contributed by atoms with van der Waals surface area (Å²) >= 11 is 6.13. The van der Waals surface area contributed by atoms with Gasteiger partial charge in [-0.2, -0.15) is 0 Å². The third-order valence-corrected chi connectivity index (χ3v) is 6.16. The molecule has 0 aliphatic carbocycles. The molecular formula is C28H32ClN5O2. The van der Waals surface area contributed by atoms with Crippen LogP contribution in [0, 0.1) is 12.3 Å². The number of nitrogens with one attached hydrogen (secondary N) is 2. The SMILES string of the molecule is Cc1cccc(NC(=O)Nc2cc(C(C)(C)CC(C)(C)C)cc(-n3nc4ccc(Cl)cc4n3)c2O)c1. The second-order valence-corrected chi connectivity index (χ2v) is 11.5. The van der Waals surface area contributed by atoms with E-state index in [9.17, 15) is 9.90 Å². The van der Waals surface area contributed by atoms with Gasteiger partial charge in [0.1, 0.15) is 16.7 Å². The fourth-order valence-corrected chi connectivity index (χ4v) is 4.85. The number of aromatic nitrogens is 3. The summed E-state index contributed by atoms with van der Waals surface area (Å²) in [7, 11) is 0. The molecule has 0 saturated carbocycles. The number of aryl methyl sites for hydroxylation is 1. The summed E-state index contributed by atoms with van der Waals surface area (Å²) in [6.45, 7) is 12.8. The summed E-state index contributed by atoms with van der Waals surface area (Å²) in [4.78, 5) is 14.3. The van der Waals surface area contributed by atoms with Gasteiger partial charge >= 0.3 is 6.03 Å². The number of phenolic OH excluding ortho intramolecular Hbond substituents is 1. The number of amides is 2. The van der Waals surface area contributed by atoms with Crippen LogP contribution in [0.4, 0.5) is 16.2 Å². The number of fused-ring (bicyclic) bond motifs is 1. The van der Waals surface area contributed by atoms with Gasteiger partial charge in [-0.15, -0.1) is 15.0 Å². The smallest absolute Gasteiger partial charge is 0.323 e. The zero-order valence-corrected chi connectivity index (χ0v) is 22.2. The second kappa shape index (κ2) is 9.47. The maximum Gasteiger partial charge on any atom is 0.323 e. The molecular weight excluding hydrogens is 474 g/mol. The van der Waals surface area contributed by atoms with Crippen LogP contribution >= 0.6 is 11.6 Å². The molecule has 0 bridgehead atoms. The van der Waals surface area contributed by atoms with Gasteiger partial charge in [0.05, 0.1) is 5.69 Å². The summed E-state index contributed by atoms with van der Waals surface area (Å²) in [5.41, 5.74) is 4.32. The molecule has 0 saturated heterocycles. The molecule has 0 spiro atoms. The van der Waals surface area contributed by atoms with Crippen molar-refractivity contribution in [3.05, 3.63) is 70.7 Å². The van der Waals surface area contributed by atoms with E-state index in [1.165, 1.54) is 4.80 Å². The van der Waals surface area contributed by atoms with Crippen LogP contribution < -0.4 is 10.6 Å². The van der Waals surface area contributed by atoms with Gasteiger partial charge in [-0.3, -0.25) is 0 Å². The van der Waals surface area contributed by atoms with Gasteiger partial charge in [-0.05, 0) is 77.8 Å². The van der Waals surface area contributed by atoms with E-state index in [0.717, 1.165) is 17.5 Å². The molecule has 3 N–H and O–H groups in total. The minimum Gasteiger partial charge on any atom is -0.504 e. The van der Waals surface area contributed by atoms with Gasteiger partial charge in [0.25, 0.3) is 0 Å². The quantitative estimate of drug-likeness (QED) is 0.246. The molecule has 1 heterocycles. The Bertz CT molecular complexity index is 1440. The first-order chi connectivity index (χ1) is 16.8. The summed E-state index contributed by atoms with van der Waals surface area (Å²) < 4.78 is 0. The number of carbonyl (C=O) groups excluding carboxylic acids is 1. The highest BCUT2D eigenvalue weighted by Gasteiger charge is 2.30. The van der Waals surface area contributed by atoms with Gasteiger partial charge in [0.15, 0.2) is 5.75 Å². The summed E-state index contributed by atoms with van der Waals surface area (Å²) in [6.07, 6.45) is 0.878. The standard InChI is InChI=1S/C28H32ClN5O2/c1-17-8-7-9-20(12-17)30-26(36)31-23-13-18(28(5,6)16-27(2,3)4)14-24(25(23)35)34-32-21-11-10-19(29)15-22(21)33-34/h7-15,35H,16H2,1-6H3,(H2,30,31,36). The molecule has 188 valence electrons. The van der Waals surface area contributed by atoms with Crippen molar-refractivity contribution < 1.29 is 9.90 Å². The van der Waals surface area contributed by atoms with Crippen LogP contribution in [-0.4, -0.2) is 26.1 Å². The molecule has 0 unspecified atom stereocenters. The van der Waals surface area contributed by atoms with E-state index >= 15 is 0 Å². The molecule has 1 aromatic heterocycles. The molecule has 7 nitrogen and oxygen atoms in total. The van der Waals surface area contributed by atoms with Crippen molar-refractivity contribution >= 4 is 40.0 Å². The Hall–Kier alpha value is -3.58. The van der Waals surface area contributed by atoms with E-state index in [2.05, 4.69) is 55.4 Å². The average molecular weight is 506 g/mol. The molecule has 3 aromatic carbocycles. The van der Waals surface area contributed by atoms with E-state index in [4.69, 9.17) is 11.6 Å². The first-order valence-corrected chi connectivity index (χ1v) is 12.2. The van der Waals surface area contributed by atoms with Crippen LogP contribution in [0.5, 0.6) is 5.75 Å². The number of carbonyl (C=O) groups is 1. The normalized spacial score (nSPS) is 12.1. The number of anilines is 2. The van der Waals surface area contributed by atoms with Gasteiger partial charge in [-0.1, -0.05) is 58.4 Å². The third kappa shape index (κ3) is 5.79. The highest BCUT2D eigenvalue weighted by molar-refractivity contribution is 6.31. The van der Waals surface area contributed by atoms with Gasteiger partial charge in [0, 0.05) is 10.7 Å². The summed E-state index contributed by atoms with van der Waals surface area (Å²) in [5.74, 6) is -0.129. The van der Waals surface area contributed by atoms with Gasteiger partial charge < -0.3 is 15.7 Å². The highest BCUT2D eigenvalue weighted by atomic mass is 35.5. The molecule has 2 amide bonds. The zero-order valence-electron chi connectivity index (χ0n) is 21.5. The Morgan fingerprint density at radius 3 is 2.39 bits per heavy atom. The first-order valence-electron chi connectivity index (χ1n) is 11.9. The number of hydrogen-bond donors (Lipinski definition) is 3. The lowest BCUT2D eigenvalue weighted by Gasteiger charge is -2.33. The van der Waals surface area contributed by atoms with E-state index in [1.54, 1.807) is 18.2 Å². The minimum absolute atomic E-state index is 0.0626. The number of aromatic hydroxyl groups is 1.